The molecule has 66 heavy (non-hydrogen) atoms. The standard InChI is InChI=1S/C60H34BN3O2/c1-7-22-49-39(16-1)40-17-2-8-23-50(40)62(49)37-15-13-14-35(30-37)36-28-29-55-48(31-36)61-58-45(43-20-6-12-27-54(43)66-61)32-38(33-56(58)65-55)63-51-24-9-3-18-41(51)46-34-47-42-19-4-10-25-52(42)64-53-26-11-5-21-44(53)57(59(46)63)60(47)64/h1-34H. The van der Waals surface area contributed by atoms with E-state index >= 15 is 0 Å². The molecule has 0 fully saturated rings. The van der Waals surface area contributed by atoms with E-state index in [1.165, 1.54) is 76.2 Å². The molecule has 0 N–H and O–H groups in total. The lowest BCUT2D eigenvalue weighted by Gasteiger charge is -2.33. The third-order valence-electron chi connectivity index (χ3n) is 14.6. The molecule has 0 bridgehead atoms. The predicted octanol–water partition coefficient (Wildman–Crippen LogP) is 14.0. The van der Waals surface area contributed by atoms with Gasteiger partial charge in [0.1, 0.15) is 17.2 Å². The van der Waals surface area contributed by atoms with Gasteiger partial charge in [0.25, 0.3) is 0 Å². The fourth-order valence-electron chi connectivity index (χ4n) is 11.9. The van der Waals surface area contributed by atoms with Crippen LogP contribution in [-0.4, -0.2) is 20.5 Å². The van der Waals surface area contributed by atoms with Gasteiger partial charge in [-0.1, -0.05) is 133 Å². The Morgan fingerprint density at radius 1 is 0.348 bits per heavy atom. The lowest BCUT2D eigenvalue weighted by molar-refractivity contribution is 0.479. The van der Waals surface area contributed by atoms with Crippen molar-refractivity contribution < 1.29 is 9.39 Å². The van der Waals surface area contributed by atoms with Crippen LogP contribution < -0.4 is 20.3 Å². The average Bonchev–Trinajstić information content (AvgIpc) is 4.10. The summed E-state index contributed by atoms with van der Waals surface area (Å²) >= 11 is 0. The first-order valence-electron chi connectivity index (χ1n) is 22.7. The second-order valence-electron chi connectivity index (χ2n) is 17.9. The summed E-state index contributed by atoms with van der Waals surface area (Å²) in [5.41, 5.74) is 17.1. The molecule has 10 aromatic carbocycles. The smallest absolute Gasteiger partial charge is 0.434 e. The maximum atomic E-state index is 7.10. The first-order valence-corrected chi connectivity index (χ1v) is 22.7. The van der Waals surface area contributed by atoms with E-state index in [9.17, 15) is 0 Å². The van der Waals surface area contributed by atoms with Crippen molar-refractivity contribution in [3.8, 4) is 50.9 Å². The summed E-state index contributed by atoms with van der Waals surface area (Å²) in [7, 11) is 0. The van der Waals surface area contributed by atoms with Crippen LogP contribution in [0.4, 0.5) is 0 Å². The van der Waals surface area contributed by atoms with Crippen LogP contribution in [0, 0.1) is 0 Å². The molecule has 2 aliphatic rings. The molecular formula is C60H34BN3O2. The second kappa shape index (κ2) is 12.5. The summed E-state index contributed by atoms with van der Waals surface area (Å²) in [5, 5.41) is 10.0. The minimum absolute atomic E-state index is 0.360. The topological polar surface area (TPSA) is 32.7 Å². The summed E-state index contributed by atoms with van der Waals surface area (Å²) in [5.74, 6) is 2.48. The van der Waals surface area contributed by atoms with E-state index in [0.29, 0.717) is 0 Å². The van der Waals surface area contributed by atoms with E-state index in [4.69, 9.17) is 9.39 Å². The van der Waals surface area contributed by atoms with Gasteiger partial charge in [-0.2, -0.15) is 0 Å². The molecule has 0 spiro atoms. The highest BCUT2D eigenvalue weighted by atomic mass is 16.5. The molecule has 5 nitrogen and oxygen atoms in total. The predicted molar refractivity (Wildman–Crippen MR) is 273 cm³/mol. The third-order valence-corrected chi connectivity index (χ3v) is 14.6. The first-order chi connectivity index (χ1) is 32.7. The van der Waals surface area contributed by atoms with E-state index in [1.54, 1.807) is 0 Å². The van der Waals surface area contributed by atoms with E-state index in [0.717, 1.165) is 67.3 Å². The van der Waals surface area contributed by atoms with Gasteiger partial charge in [0, 0.05) is 71.3 Å². The number of fused-ring (bicyclic) bond motifs is 17. The Morgan fingerprint density at radius 2 is 0.939 bits per heavy atom. The highest BCUT2D eigenvalue weighted by molar-refractivity contribution is 6.84. The van der Waals surface area contributed by atoms with Crippen LogP contribution in [0.15, 0.2) is 206 Å². The Labute approximate surface area is 377 Å². The Kier molecular flexibility index (Phi) is 6.57. The van der Waals surface area contributed by atoms with Crippen molar-refractivity contribution in [2.45, 2.75) is 0 Å². The minimum atomic E-state index is -0.360. The van der Waals surface area contributed by atoms with E-state index in [1.807, 2.05) is 0 Å². The maximum Gasteiger partial charge on any atom is 0.434 e. The molecule has 0 atom stereocenters. The van der Waals surface area contributed by atoms with Gasteiger partial charge in [0.05, 0.1) is 44.3 Å². The Balaban J connectivity index is 0.908. The highest BCUT2D eigenvalue weighted by Crippen LogP contribution is 2.48. The largest absolute Gasteiger partial charge is 0.551 e. The summed E-state index contributed by atoms with van der Waals surface area (Å²) in [6, 6.07) is 74.9. The molecule has 0 saturated heterocycles. The molecule has 6 heterocycles. The van der Waals surface area contributed by atoms with Crippen molar-refractivity contribution >= 4 is 99.5 Å². The maximum absolute atomic E-state index is 7.10. The van der Waals surface area contributed by atoms with Crippen LogP contribution in [0.1, 0.15) is 0 Å². The normalized spacial score (nSPS) is 13.1. The Bertz CT molecular complexity index is 4390. The zero-order valence-corrected chi connectivity index (χ0v) is 35.4. The molecule has 0 aliphatic carbocycles. The Hall–Kier alpha value is -8.74. The molecule has 304 valence electrons. The van der Waals surface area contributed by atoms with Gasteiger partial charge >= 0.3 is 6.92 Å². The van der Waals surface area contributed by atoms with Crippen LogP contribution >= 0.6 is 0 Å². The molecule has 4 aromatic heterocycles. The number of nitrogens with zero attached hydrogens (tertiary/aromatic N) is 3. The SMILES string of the molecule is c1cc(-c2ccc3c(c2)B2Oc4ccccc4-c4cc(-n5c6ccccc6c6cc7c8ccccc8n8c9ccccc9c(c65)c78)cc(c42)O3)cc(-n2c3ccccc3c3ccccc32)c1. The van der Waals surface area contributed by atoms with Gasteiger partial charge in [-0.3, -0.25) is 0 Å². The van der Waals surface area contributed by atoms with Crippen LogP contribution in [0.25, 0.3) is 115 Å². The van der Waals surface area contributed by atoms with Crippen molar-refractivity contribution in [2.75, 3.05) is 0 Å². The number of hydrogen-bond acceptors (Lipinski definition) is 2. The number of para-hydroxylation sites is 6. The van der Waals surface area contributed by atoms with E-state index in [2.05, 4.69) is 220 Å². The zero-order valence-electron chi connectivity index (χ0n) is 35.4. The lowest BCUT2D eigenvalue weighted by atomic mass is 9.50. The number of aromatic nitrogens is 3. The number of benzene rings is 10. The summed E-state index contributed by atoms with van der Waals surface area (Å²) in [6.45, 7) is -0.360. The molecule has 0 radical (unpaired) electrons. The fourth-order valence-corrected chi connectivity index (χ4v) is 11.9. The van der Waals surface area contributed by atoms with Crippen LogP contribution in [0.3, 0.4) is 0 Å². The molecule has 14 aromatic rings. The minimum Gasteiger partial charge on any atom is -0.551 e. The molecule has 16 rings (SSSR count). The van der Waals surface area contributed by atoms with Gasteiger partial charge in [-0.15, -0.1) is 0 Å². The molecule has 0 amide bonds. The molecule has 6 heteroatoms. The summed E-state index contributed by atoms with van der Waals surface area (Å²) < 4.78 is 21.5. The third kappa shape index (κ3) is 4.40. The van der Waals surface area contributed by atoms with Crippen molar-refractivity contribution in [1.29, 1.82) is 0 Å². The summed E-state index contributed by atoms with van der Waals surface area (Å²) in [6.07, 6.45) is 0. The molecule has 0 saturated carbocycles. The number of rotatable bonds is 3. The second-order valence-corrected chi connectivity index (χ2v) is 17.9. The van der Waals surface area contributed by atoms with Crippen molar-refractivity contribution in [3.63, 3.8) is 0 Å². The molecule has 0 unspecified atom stereocenters. The number of hydrogen-bond donors (Lipinski definition) is 0. The van der Waals surface area contributed by atoms with Gasteiger partial charge in [-0.25, -0.2) is 0 Å². The van der Waals surface area contributed by atoms with Crippen LogP contribution in [0.5, 0.6) is 17.2 Å². The quantitative estimate of drug-likeness (QED) is 0.166. The van der Waals surface area contributed by atoms with Gasteiger partial charge in [-0.05, 0) is 83.4 Å². The molecular weight excluding hydrogens is 805 g/mol. The Morgan fingerprint density at radius 3 is 1.70 bits per heavy atom. The molecule has 2 aliphatic heterocycles. The number of ether oxygens (including phenoxy) is 1. The average molecular weight is 840 g/mol. The van der Waals surface area contributed by atoms with Gasteiger partial charge < -0.3 is 22.9 Å². The van der Waals surface area contributed by atoms with Crippen LogP contribution in [-0.2, 0) is 0 Å². The lowest BCUT2D eigenvalue weighted by Crippen LogP contribution is -2.53. The van der Waals surface area contributed by atoms with Crippen molar-refractivity contribution in [2.24, 2.45) is 0 Å². The first kappa shape index (κ1) is 34.7. The van der Waals surface area contributed by atoms with E-state index < -0.39 is 0 Å². The van der Waals surface area contributed by atoms with E-state index in [-0.39, 0.29) is 6.92 Å². The van der Waals surface area contributed by atoms with Crippen molar-refractivity contribution in [3.05, 3.63) is 206 Å². The highest BCUT2D eigenvalue weighted by Gasteiger charge is 2.41. The monoisotopic (exact) mass is 839 g/mol. The zero-order chi connectivity index (χ0) is 42.8. The van der Waals surface area contributed by atoms with Crippen molar-refractivity contribution in [1.82, 2.24) is 13.5 Å². The fraction of sp³-hybridized carbons (Fsp3) is 0. The summed E-state index contributed by atoms with van der Waals surface area (Å²) in [4.78, 5) is 0. The van der Waals surface area contributed by atoms with Gasteiger partial charge in [0.2, 0.25) is 0 Å². The van der Waals surface area contributed by atoms with Crippen LogP contribution in [0.2, 0.25) is 0 Å². The van der Waals surface area contributed by atoms with Gasteiger partial charge in [0.15, 0.2) is 0 Å².